The SMILES string of the molecule is O=C(Nc1nc2c(c(=O)[nH]1)CCCC2)[C@@H]1CCO[C@H]1C1CC1. The summed E-state index contributed by atoms with van der Waals surface area (Å²) in [6.07, 6.45) is 6.80. The zero-order valence-corrected chi connectivity index (χ0v) is 12.6. The quantitative estimate of drug-likeness (QED) is 0.884. The summed E-state index contributed by atoms with van der Waals surface area (Å²) in [7, 11) is 0. The molecule has 1 saturated carbocycles. The van der Waals surface area contributed by atoms with Crippen molar-refractivity contribution in [3.05, 3.63) is 21.6 Å². The molecule has 3 aliphatic rings. The lowest BCUT2D eigenvalue weighted by atomic mass is 9.97. The molecule has 1 aliphatic heterocycles. The number of fused-ring (bicyclic) bond motifs is 1. The second-order valence-corrected chi connectivity index (χ2v) is 6.60. The number of carbonyl (C=O) groups excluding carboxylic acids is 1. The van der Waals surface area contributed by atoms with Gasteiger partial charge in [-0.3, -0.25) is 19.9 Å². The predicted octanol–water partition coefficient (Wildman–Crippen LogP) is 1.40. The van der Waals surface area contributed by atoms with Gasteiger partial charge in [-0.15, -0.1) is 0 Å². The summed E-state index contributed by atoms with van der Waals surface area (Å²) in [5, 5.41) is 2.80. The third-order valence-electron chi connectivity index (χ3n) is 4.99. The van der Waals surface area contributed by atoms with E-state index in [-0.39, 0.29) is 29.4 Å². The Morgan fingerprint density at radius 2 is 2.05 bits per heavy atom. The Morgan fingerprint density at radius 3 is 2.86 bits per heavy atom. The molecule has 0 radical (unpaired) electrons. The molecule has 2 heterocycles. The van der Waals surface area contributed by atoms with E-state index >= 15 is 0 Å². The maximum absolute atomic E-state index is 12.5. The monoisotopic (exact) mass is 303 g/mol. The first kappa shape index (κ1) is 13.9. The number of carbonyl (C=O) groups is 1. The van der Waals surface area contributed by atoms with Crippen LogP contribution in [0, 0.1) is 11.8 Å². The average molecular weight is 303 g/mol. The molecule has 2 fully saturated rings. The van der Waals surface area contributed by atoms with Crippen LogP contribution in [0.4, 0.5) is 5.95 Å². The molecular formula is C16H21N3O3. The Hall–Kier alpha value is -1.69. The van der Waals surface area contributed by atoms with Crippen molar-refractivity contribution in [2.24, 2.45) is 11.8 Å². The molecule has 6 nitrogen and oxygen atoms in total. The number of nitrogens with one attached hydrogen (secondary N) is 2. The number of aryl methyl sites for hydroxylation is 1. The highest BCUT2D eigenvalue weighted by Crippen LogP contribution is 2.41. The molecule has 6 heteroatoms. The van der Waals surface area contributed by atoms with Gasteiger partial charge in [0.2, 0.25) is 11.9 Å². The Bertz CT molecular complexity index is 651. The van der Waals surface area contributed by atoms with Gasteiger partial charge in [0.15, 0.2) is 0 Å². The third-order valence-corrected chi connectivity index (χ3v) is 4.99. The first-order chi connectivity index (χ1) is 10.7. The zero-order chi connectivity index (χ0) is 15.1. The lowest BCUT2D eigenvalue weighted by Crippen LogP contribution is -2.33. The van der Waals surface area contributed by atoms with E-state index < -0.39 is 0 Å². The first-order valence-electron chi connectivity index (χ1n) is 8.27. The number of anilines is 1. The maximum atomic E-state index is 12.5. The van der Waals surface area contributed by atoms with Gasteiger partial charge in [-0.05, 0) is 50.9 Å². The van der Waals surface area contributed by atoms with E-state index in [9.17, 15) is 9.59 Å². The topological polar surface area (TPSA) is 84.1 Å². The summed E-state index contributed by atoms with van der Waals surface area (Å²) in [6.45, 7) is 0.646. The van der Waals surface area contributed by atoms with E-state index in [2.05, 4.69) is 15.3 Å². The first-order valence-corrected chi connectivity index (χ1v) is 8.27. The number of H-pyrrole nitrogens is 1. The van der Waals surface area contributed by atoms with E-state index in [4.69, 9.17) is 4.74 Å². The number of ether oxygens (including phenoxy) is 1. The van der Waals surface area contributed by atoms with Gasteiger partial charge in [-0.1, -0.05) is 0 Å². The Labute approximate surface area is 128 Å². The van der Waals surface area contributed by atoms with Crippen molar-refractivity contribution in [1.82, 2.24) is 9.97 Å². The molecular weight excluding hydrogens is 282 g/mol. The molecule has 0 bridgehead atoms. The second-order valence-electron chi connectivity index (χ2n) is 6.60. The molecule has 0 spiro atoms. The fourth-order valence-corrected chi connectivity index (χ4v) is 3.65. The zero-order valence-electron chi connectivity index (χ0n) is 12.6. The summed E-state index contributed by atoms with van der Waals surface area (Å²) < 4.78 is 5.71. The minimum Gasteiger partial charge on any atom is -0.377 e. The molecule has 1 aromatic rings. The number of hydrogen-bond donors (Lipinski definition) is 2. The normalized spacial score (nSPS) is 27.5. The summed E-state index contributed by atoms with van der Waals surface area (Å²) in [4.78, 5) is 31.7. The van der Waals surface area contributed by atoms with E-state index in [1.54, 1.807) is 0 Å². The molecule has 0 unspecified atom stereocenters. The van der Waals surface area contributed by atoms with Crippen LogP contribution in [-0.2, 0) is 22.4 Å². The molecule has 2 N–H and O–H groups in total. The van der Waals surface area contributed by atoms with Crippen LogP contribution in [0.1, 0.15) is 43.4 Å². The lowest BCUT2D eigenvalue weighted by Gasteiger charge is -2.18. The molecule has 2 atom stereocenters. The van der Waals surface area contributed by atoms with Gasteiger partial charge in [0.1, 0.15) is 0 Å². The molecule has 2 aliphatic carbocycles. The molecule has 22 heavy (non-hydrogen) atoms. The van der Waals surface area contributed by atoms with Crippen LogP contribution in [0.3, 0.4) is 0 Å². The number of amides is 1. The number of aromatic nitrogens is 2. The molecule has 1 amide bonds. The van der Waals surface area contributed by atoms with Crippen molar-refractivity contribution in [2.75, 3.05) is 11.9 Å². The summed E-state index contributed by atoms with van der Waals surface area (Å²) >= 11 is 0. The van der Waals surface area contributed by atoms with Gasteiger partial charge in [-0.25, -0.2) is 4.98 Å². The number of hydrogen-bond acceptors (Lipinski definition) is 4. The molecule has 118 valence electrons. The maximum Gasteiger partial charge on any atom is 0.255 e. The Balaban J connectivity index is 1.52. The van der Waals surface area contributed by atoms with Crippen LogP contribution < -0.4 is 10.9 Å². The van der Waals surface area contributed by atoms with Crippen LogP contribution >= 0.6 is 0 Å². The Morgan fingerprint density at radius 1 is 1.23 bits per heavy atom. The van der Waals surface area contributed by atoms with Crippen molar-refractivity contribution in [3.8, 4) is 0 Å². The van der Waals surface area contributed by atoms with E-state index in [0.717, 1.165) is 56.2 Å². The van der Waals surface area contributed by atoms with Crippen LogP contribution in [0.25, 0.3) is 0 Å². The summed E-state index contributed by atoms with van der Waals surface area (Å²) in [6, 6.07) is 0. The van der Waals surface area contributed by atoms with Crippen LogP contribution in [0.15, 0.2) is 4.79 Å². The molecule has 1 aromatic heterocycles. The van der Waals surface area contributed by atoms with Crippen molar-refractivity contribution in [2.45, 2.75) is 51.0 Å². The van der Waals surface area contributed by atoms with Gasteiger partial charge in [-0.2, -0.15) is 0 Å². The van der Waals surface area contributed by atoms with E-state index in [0.29, 0.717) is 12.5 Å². The van der Waals surface area contributed by atoms with E-state index in [1.165, 1.54) is 0 Å². The lowest BCUT2D eigenvalue weighted by molar-refractivity contribution is -0.121. The highest BCUT2D eigenvalue weighted by atomic mass is 16.5. The number of aromatic amines is 1. The van der Waals surface area contributed by atoms with Crippen LogP contribution in [0.2, 0.25) is 0 Å². The van der Waals surface area contributed by atoms with Crippen LogP contribution in [-0.4, -0.2) is 28.6 Å². The van der Waals surface area contributed by atoms with Gasteiger partial charge in [0.05, 0.1) is 17.7 Å². The fraction of sp³-hybridized carbons (Fsp3) is 0.688. The van der Waals surface area contributed by atoms with E-state index in [1.807, 2.05) is 0 Å². The molecule has 4 rings (SSSR count). The summed E-state index contributed by atoms with van der Waals surface area (Å²) in [5.74, 6) is 0.632. The number of nitrogens with zero attached hydrogens (tertiary/aromatic N) is 1. The molecule has 0 aromatic carbocycles. The van der Waals surface area contributed by atoms with Crippen LogP contribution in [0.5, 0.6) is 0 Å². The predicted molar refractivity (Wildman–Crippen MR) is 80.7 cm³/mol. The fourth-order valence-electron chi connectivity index (χ4n) is 3.65. The highest BCUT2D eigenvalue weighted by molar-refractivity contribution is 5.91. The minimum absolute atomic E-state index is 0.0457. The van der Waals surface area contributed by atoms with Crippen molar-refractivity contribution >= 4 is 11.9 Å². The standard InChI is InChI=1S/C16H21N3O3/c20-14-10-3-1-2-4-12(10)17-16(18-14)19-15(21)11-7-8-22-13(11)9-5-6-9/h9,11,13H,1-8H2,(H2,17,18,19,20,21)/t11-,13+/m1/s1. The summed E-state index contributed by atoms with van der Waals surface area (Å²) in [5.41, 5.74) is 1.51. The molecule has 1 saturated heterocycles. The Kier molecular flexibility index (Phi) is 3.48. The van der Waals surface area contributed by atoms with Crippen molar-refractivity contribution < 1.29 is 9.53 Å². The largest absolute Gasteiger partial charge is 0.377 e. The highest BCUT2D eigenvalue weighted by Gasteiger charge is 2.43. The van der Waals surface area contributed by atoms with Gasteiger partial charge in [0.25, 0.3) is 5.56 Å². The minimum atomic E-state index is -0.117. The average Bonchev–Trinajstić information content (AvgIpc) is 3.24. The van der Waals surface area contributed by atoms with Crippen molar-refractivity contribution in [1.29, 1.82) is 0 Å². The van der Waals surface area contributed by atoms with Crippen molar-refractivity contribution in [3.63, 3.8) is 0 Å². The smallest absolute Gasteiger partial charge is 0.255 e. The van der Waals surface area contributed by atoms with Gasteiger partial charge >= 0.3 is 0 Å². The second kappa shape index (κ2) is 5.50. The van der Waals surface area contributed by atoms with Gasteiger partial charge in [0, 0.05) is 12.2 Å². The number of rotatable bonds is 3. The third kappa shape index (κ3) is 2.56. The van der Waals surface area contributed by atoms with Gasteiger partial charge < -0.3 is 4.74 Å².